The molecule has 6 rings (SSSR count). The number of imidazole rings is 4. The van der Waals surface area contributed by atoms with Gasteiger partial charge in [0.25, 0.3) is 0 Å². The van der Waals surface area contributed by atoms with Crippen LogP contribution in [0.15, 0.2) is 92.3 Å². The third kappa shape index (κ3) is 8.79. The van der Waals surface area contributed by atoms with Gasteiger partial charge in [0.15, 0.2) is 23.3 Å². The van der Waals surface area contributed by atoms with Gasteiger partial charge >= 0.3 is 0 Å². The fourth-order valence-corrected chi connectivity index (χ4v) is 3.68. The van der Waals surface area contributed by atoms with Crippen LogP contribution in [0.1, 0.15) is 14.9 Å². The number of pyridine rings is 2. The molecule has 6 aromatic rings. The topological polar surface area (TPSA) is 100 Å². The number of aryl methyl sites for hydroxylation is 4. The van der Waals surface area contributed by atoms with Crippen molar-refractivity contribution in [2.45, 2.75) is 14.9 Å². The van der Waals surface area contributed by atoms with Gasteiger partial charge in [0.2, 0.25) is 0 Å². The van der Waals surface area contributed by atoms with Crippen molar-refractivity contribution < 1.29 is 19.8 Å². The number of nitrogens with zero attached hydrogens (tertiary/aromatic N) is 11. The van der Waals surface area contributed by atoms with Crippen LogP contribution in [0.2, 0.25) is 0 Å². The van der Waals surface area contributed by atoms with Crippen molar-refractivity contribution in [3.05, 3.63) is 92.3 Å². The Balaban J connectivity index is 0.000000306. The van der Waals surface area contributed by atoms with Gasteiger partial charge in [0.05, 0.1) is 11.4 Å². The first-order valence-corrected chi connectivity index (χ1v) is 12.3. The Labute approximate surface area is 262 Å². The Morgan fingerprint density at radius 1 is 0.500 bits per heavy atom. The molecule has 6 aromatic heterocycles. The van der Waals surface area contributed by atoms with E-state index < -0.39 is 0 Å². The molecule has 0 N–H and O–H groups in total. The first kappa shape index (κ1) is 35.6. The van der Waals surface area contributed by atoms with Crippen LogP contribution in [-0.4, -0.2) is 62.3 Å². The molecule has 0 bridgehead atoms. The Morgan fingerprint density at radius 3 is 1.21 bits per heavy atom. The first-order valence-electron chi connectivity index (χ1n) is 12.3. The van der Waals surface area contributed by atoms with Gasteiger partial charge < -0.3 is 23.2 Å². The van der Waals surface area contributed by atoms with Crippen LogP contribution in [0.4, 0.5) is 5.69 Å². The maximum absolute atomic E-state index is 4.30. The molecule has 0 unspecified atom stereocenters. The van der Waals surface area contributed by atoms with Crippen LogP contribution in [0.25, 0.3) is 34.7 Å². The van der Waals surface area contributed by atoms with E-state index in [1.54, 1.807) is 37.2 Å². The van der Waals surface area contributed by atoms with Gasteiger partial charge in [0, 0.05) is 130 Å². The van der Waals surface area contributed by atoms with Gasteiger partial charge in [0.1, 0.15) is 0 Å². The second-order valence-electron chi connectivity index (χ2n) is 8.96. The second kappa shape index (κ2) is 16.7. The van der Waals surface area contributed by atoms with Crippen LogP contribution < -0.4 is 4.90 Å². The molecule has 0 saturated heterocycles. The molecule has 0 atom stereocenters. The van der Waals surface area contributed by atoms with Crippen molar-refractivity contribution in [3.63, 3.8) is 0 Å². The minimum Gasteiger partial charge on any atom is -0.378 e. The molecule has 0 aliphatic heterocycles. The summed E-state index contributed by atoms with van der Waals surface area (Å²) in [7, 11) is 11.8. The predicted molar refractivity (Wildman–Crippen MR) is 166 cm³/mol. The number of hydrogen-bond donors (Lipinski definition) is 0. The van der Waals surface area contributed by atoms with Crippen LogP contribution in [-0.2, 0) is 48.0 Å². The molecule has 0 radical (unpaired) electrons. The number of anilines is 1. The summed E-state index contributed by atoms with van der Waals surface area (Å²) in [5.41, 5.74) is 2.94. The molecule has 0 aliphatic carbocycles. The monoisotopic (exact) mass is 747 g/mol. The van der Waals surface area contributed by atoms with E-state index in [0.29, 0.717) is 0 Å². The van der Waals surface area contributed by atoms with E-state index in [1.165, 1.54) is 0 Å². The summed E-state index contributed by atoms with van der Waals surface area (Å²) in [6, 6.07) is 9.84. The molecule has 0 saturated carbocycles. The molecule has 0 fully saturated rings. The fourth-order valence-electron chi connectivity index (χ4n) is 3.68. The molecular weight excluding hydrogens is 705 g/mol. The normalized spacial score (nSPS) is 9.57. The van der Waals surface area contributed by atoms with Crippen LogP contribution in [0.5, 0.6) is 0 Å². The average Bonchev–Trinajstić information content (AvgIpc) is 3.75. The molecule has 0 aliphatic rings. The number of hydrogen-bond acceptors (Lipinski definition) is 7. The summed E-state index contributed by atoms with van der Waals surface area (Å²) in [6.07, 6.45) is 18.3. The molecule has 0 aromatic carbocycles. The van der Waals surface area contributed by atoms with Gasteiger partial charge in [-0.15, -0.1) is 0 Å². The number of aromatic nitrogens is 10. The molecule has 6 heterocycles. The number of rotatable bonds is 4. The standard InChI is InChI=1S/C12H13N3.2C8H10N4.2CH4.Os/c1-15(2)10-6-8-14-12(9-10)11-5-3-4-7-13-11;2*1-11-5-3-9-7(11)8-10-4-6-12(8)2;;;/h3-9H,1-2H3;2*3-6H,1-2H3;2*1H4;. The second-order valence-corrected chi connectivity index (χ2v) is 8.96. The van der Waals surface area contributed by atoms with Gasteiger partial charge in [-0.25, -0.2) is 19.9 Å². The van der Waals surface area contributed by atoms with Crippen molar-refractivity contribution >= 4 is 5.69 Å². The van der Waals surface area contributed by atoms with Crippen LogP contribution in [0.3, 0.4) is 0 Å². The van der Waals surface area contributed by atoms with Gasteiger partial charge in [-0.05, 0) is 24.3 Å². The quantitative estimate of drug-likeness (QED) is 0.247. The minimum absolute atomic E-state index is 0. The molecule has 42 heavy (non-hydrogen) atoms. The minimum atomic E-state index is 0. The zero-order chi connectivity index (χ0) is 27.8. The van der Waals surface area contributed by atoms with Gasteiger partial charge in [-0.3, -0.25) is 9.97 Å². The maximum Gasteiger partial charge on any atom is 0.176 e. The van der Waals surface area contributed by atoms with E-state index in [-0.39, 0.29) is 34.6 Å². The zero-order valence-electron chi connectivity index (χ0n) is 23.4. The van der Waals surface area contributed by atoms with Crippen LogP contribution in [0, 0.1) is 0 Å². The van der Waals surface area contributed by atoms with E-state index in [9.17, 15) is 0 Å². The van der Waals surface area contributed by atoms with Gasteiger partial charge in [-0.1, -0.05) is 20.9 Å². The summed E-state index contributed by atoms with van der Waals surface area (Å²) < 4.78 is 7.79. The maximum atomic E-state index is 4.30. The van der Waals surface area contributed by atoms with E-state index in [0.717, 1.165) is 40.4 Å². The first-order chi connectivity index (χ1) is 18.8. The predicted octanol–water partition coefficient (Wildman–Crippen LogP) is 5.12. The van der Waals surface area contributed by atoms with Crippen molar-refractivity contribution in [1.29, 1.82) is 0 Å². The SMILES string of the molecule is C.C.CN(C)c1ccnc(-c2ccccn2)c1.Cn1ccnc1-c1nccn1C.Cn1ccnc1-c1nccn1C.[Os]. The third-order valence-electron chi connectivity index (χ3n) is 5.87. The van der Waals surface area contributed by atoms with Gasteiger partial charge in [-0.2, -0.15) is 0 Å². The molecular formula is C30H41N11Os. The Hall–Kier alpha value is -4.42. The van der Waals surface area contributed by atoms with E-state index in [4.69, 9.17) is 0 Å². The van der Waals surface area contributed by atoms with E-state index >= 15 is 0 Å². The molecule has 224 valence electrons. The molecule has 0 amide bonds. The largest absolute Gasteiger partial charge is 0.378 e. The molecule has 0 spiro atoms. The Kier molecular flexibility index (Phi) is 14.2. The molecule has 11 nitrogen and oxygen atoms in total. The smallest absolute Gasteiger partial charge is 0.176 e. The van der Waals surface area contributed by atoms with Crippen LogP contribution >= 0.6 is 0 Å². The van der Waals surface area contributed by atoms with E-state index in [2.05, 4.69) is 29.9 Å². The van der Waals surface area contributed by atoms with Crippen molar-refractivity contribution in [2.75, 3.05) is 19.0 Å². The van der Waals surface area contributed by atoms with E-state index in [1.807, 2.05) is 121 Å². The zero-order valence-corrected chi connectivity index (χ0v) is 26.0. The summed E-state index contributed by atoms with van der Waals surface area (Å²) in [5, 5.41) is 0. The molecule has 12 heteroatoms. The third-order valence-corrected chi connectivity index (χ3v) is 5.87. The fraction of sp³-hybridized carbons (Fsp3) is 0.267. The average molecular weight is 746 g/mol. The van der Waals surface area contributed by atoms with Crippen molar-refractivity contribution in [3.8, 4) is 34.7 Å². The van der Waals surface area contributed by atoms with Crippen molar-refractivity contribution in [1.82, 2.24) is 48.2 Å². The summed E-state index contributed by atoms with van der Waals surface area (Å²) in [6.45, 7) is 0. The van der Waals surface area contributed by atoms with Crippen molar-refractivity contribution in [2.24, 2.45) is 28.2 Å². The summed E-state index contributed by atoms with van der Waals surface area (Å²) in [4.78, 5) is 27.4. The summed E-state index contributed by atoms with van der Waals surface area (Å²) in [5.74, 6) is 3.56. The Morgan fingerprint density at radius 2 is 0.905 bits per heavy atom. The Bertz CT molecular complexity index is 1440. The summed E-state index contributed by atoms with van der Waals surface area (Å²) >= 11 is 0.